The summed E-state index contributed by atoms with van der Waals surface area (Å²) in [5.41, 5.74) is 9.64. The van der Waals surface area contributed by atoms with Crippen molar-refractivity contribution in [1.29, 1.82) is 0 Å². The van der Waals surface area contributed by atoms with E-state index >= 15 is 0 Å². The van der Waals surface area contributed by atoms with Crippen molar-refractivity contribution in [2.24, 2.45) is 0 Å². The van der Waals surface area contributed by atoms with Gasteiger partial charge in [-0.05, 0) is 62.3 Å². The summed E-state index contributed by atoms with van der Waals surface area (Å²) in [4.78, 5) is 0. The highest BCUT2D eigenvalue weighted by molar-refractivity contribution is 5.39. The standard InChI is InChI=1S/C22H38.C2H7N.BrH.H2O/c1-5-7-8-9-10-11-12-13-14-15-16-22-18-17-21(6-2)19(3)20(22)4;1-2-3;;/h17-18H,5-16H2,1-4H3;2-3H2,1H3;1H;1H2. The summed E-state index contributed by atoms with van der Waals surface area (Å²) in [6, 6.07) is 4.71. The molecule has 0 aliphatic rings. The van der Waals surface area contributed by atoms with Crippen LogP contribution in [-0.2, 0) is 12.8 Å². The molecule has 0 unspecified atom stereocenters. The molecular formula is C24H48BrNO. The van der Waals surface area contributed by atoms with E-state index in [4.69, 9.17) is 0 Å². The average Bonchev–Trinajstić information content (AvgIpc) is 2.61. The Morgan fingerprint density at radius 2 is 1.04 bits per heavy atom. The van der Waals surface area contributed by atoms with Gasteiger partial charge >= 0.3 is 0 Å². The Bertz CT molecular complexity index is 435. The van der Waals surface area contributed by atoms with Crippen LogP contribution < -0.4 is 22.7 Å². The Hall–Kier alpha value is -0.380. The lowest BCUT2D eigenvalue weighted by Crippen LogP contribution is -3.00. The van der Waals surface area contributed by atoms with E-state index in [2.05, 4.69) is 45.6 Å². The van der Waals surface area contributed by atoms with Gasteiger partial charge in [0.15, 0.2) is 0 Å². The third kappa shape index (κ3) is 15.2. The van der Waals surface area contributed by atoms with Gasteiger partial charge in [-0.25, -0.2) is 0 Å². The maximum atomic E-state index is 3.49. The number of halogens is 1. The molecular weight excluding hydrogens is 398 g/mol. The topological polar surface area (TPSA) is 59.1 Å². The van der Waals surface area contributed by atoms with E-state index in [1.807, 2.05) is 6.92 Å². The highest BCUT2D eigenvalue weighted by Crippen LogP contribution is 2.20. The molecule has 0 radical (unpaired) electrons. The highest BCUT2D eigenvalue weighted by atomic mass is 79.9. The SMILES string of the molecule is CCCCCCCCCCCCc1ccc(CC)c(C)c1C.CC[NH3+].O.[Br-]. The quantitative estimate of drug-likeness (QED) is 0.480. The zero-order valence-corrected chi connectivity index (χ0v) is 20.5. The van der Waals surface area contributed by atoms with Crippen LogP contribution in [0.1, 0.15) is 107 Å². The second-order valence-corrected chi connectivity index (χ2v) is 7.42. The third-order valence-electron chi connectivity index (χ3n) is 5.19. The van der Waals surface area contributed by atoms with Gasteiger partial charge in [-0.15, -0.1) is 0 Å². The maximum Gasteiger partial charge on any atom is 0.0711 e. The molecule has 0 heterocycles. The molecule has 0 saturated carbocycles. The van der Waals surface area contributed by atoms with Crippen LogP contribution in [0, 0.1) is 13.8 Å². The fraction of sp³-hybridized carbons (Fsp3) is 0.750. The van der Waals surface area contributed by atoms with Crippen molar-refractivity contribution in [3.05, 3.63) is 34.4 Å². The number of quaternary nitrogens is 1. The first-order chi connectivity index (χ1) is 12.1. The minimum Gasteiger partial charge on any atom is -1.00 e. The van der Waals surface area contributed by atoms with E-state index in [-0.39, 0.29) is 22.5 Å². The zero-order chi connectivity index (χ0) is 18.9. The van der Waals surface area contributed by atoms with Crippen molar-refractivity contribution < 1.29 is 28.2 Å². The molecule has 0 aliphatic carbocycles. The van der Waals surface area contributed by atoms with Crippen molar-refractivity contribution in [3.63, 3.8) is 0 Å². The molecule has 0 aliphatic heterocycles. The lowest BCUT2D eigenvalue weighted by atomic mass is 9.93. The van der Waals surface area contributed by atoms with E-state index < -0.39 is 0 Å². The Morgan fingerprint density at radius 3 is 1.48 bits per heavy atom. The Kier molecular flexibility index (Phi) is 25.4. The molecule has 5 N–H and O–H groups in total. The van der Waals surface area contributed by atoms with Crippen LogP contribution in [0.2, 0.25) is 0 Å². The first-order valence-corrected chi connectivity index (χ1v) is 11.0. The molecule has 0 saturated heterocycles. The number of unbranched alkanes of at least 4 members (excludes halogenated alkanes) is 9. The number of benzene rings is 1. The lowest BCUT2D eigenvalue weighted by molar-refractivity contribution is -0.361. The monoisotopic (exact) mass is 445 g/mol. The normalized spacial score (nSPS) is 9.70. The summed E-state index contributed by atoms with van der Waals surface area (Å²) in [5, 5.41) is 0. The predicted octanol–water partition coefficient (Wildman–Crippen LogP) is 2.76. The number of hydrogen-bond donors (Lipinski definition) is 1. The maximum absolute atomic E-state index is 3.49. The molecule has 162 valence electrons. The van der Waals surface area contributed by atoms with Gasteiger partial charge in [0, 0.05) is 0 Å². The molecule has 0 spiro atoms. The smallest absolute Gasteiger partial charge is 0.0711 e. The average molecular weight is 447 g/mol. The van der Waals surface area contributed by atoms with E-state index in [0.29, 0.717) is 0 Å². The highest BCUT2D eigenvalue weighted by Gasteiger charge is 2.05. The van der Waals surface area contributed by atoms with Crippen LogP contribution in [-0.4, -0.2) is 12.0 Å². The van der Waals surface area contributed by atoms with Crippen molar-refractivity contribution in [3.8, 4) is 0 Å². The molecule has 0 aromatic heterocycles. The van der Waals surface area contributed by atoms with E-state index in [1.54, 1.807) is 5.56 Å². The fourth-order valence-electron chi connectivity index (χ4n) is 3.39. The van der Waals surface area contributed by atoms with Crippen LogP contribution in [0.5, 0.6) is 0 Å². The van der Waals surface area contributed by atoms with Crippen molar-refractivity contribution in [2.75, 3.05) is 6.54 Å². The van der Waals surface area contributed by atoms with Gasteiger partial charge in [0.05, 0.1) is 6.54 Å². The first-order valence-electron chi connectivity index (χ1n) is 11.0. The summed E-state index contributed by atoms with van der Waals surface area (Å²) in [6.07, 6.45) is 16.7. The van der Waals surface area contributed by atoms with E-state index in [0.717, 1.165) is 13.0 Å². The molecule has 0 atom stereocenters. The molecule has 1 aromatic rings. The molecule has 0 bridgehead atoms. The predicted molar refractivity (Wildman–Crippen MR) is 118 cm³/mol. The summed E-state index contributed by atoms with van der Waals surface area (Å²) in [5.74, 6) is 0. The number of hydrogen-bond acceptors (Lipinski definition) is 0. The van der Waals surface area contributed by atoms with Crippen LogP contribution in [0.3, 0.4) is 0 Å². The Labute approximate surface area is 180 Å². The Balaban J connectivity index is -0.00000108. The largest absolute Gasteiger partial charge is 1.00 e. The van der Waals surface area contributed by atoms with Crippen molar-refractivity contribution in [2.45, 2.75) is 112 Å². The van der Waals surface area contributed by atoms with Crippen LogP contribution in [0.4, 0.5) is 0 Å². The zero-order valence-electron chi connectivity index (χ0n) is 18.9. The minimum absolute atomic E-state index is 0. The van der Waals surface area contributed by atoms with Crippen LogP contribution in [0.25, 0.3) is 0 Å². The number of aryl methyl sites for hydroxylation is 2. The van der Waals surface area contributed by atoms with Crippen LogP contribution in [0.15, 0.2) is 12.1 Å². The molecule has 3 heteroatoms. The molecule has 1 aromatic carbocycles. The van der Waals surface area contributed by atoms with Gasteiger partial charge < -0.3 is 28.2 Å². The van der Waals surface area contributed by atoms with Crippen LogP contribution >= 0.6 is 0 Å². The summed E-state index contributed by atoms with van der Waals surface area (Å²) in [6.45, 7) is 12.2. The fourth-order valence-corrected chi connectivity index (χ4v) is 3.39. The van der Waals surface area contributed by atoms with E-state index in [9.17, 15) is 0 Å². The van der Waals surface area contributed by atoms with Gasteiger partial charge in [0.25, 0.3) is 0 Å². The van der Waals surface area contributed by atoms with Crippen molar-refractivity contribution in [1.82, 2.24) is 0 Å². The summed E-state index contributed by atoms with van der Waals surface area (Å²) >= 11 is 0. The molecule has 27 heavy (non-hydrogen) atoms. The summed E-state index contributed by atoms with van der Waals surface area (Å²) < 4.78 is 0. The van der Waals surface area contributed by atoms with Gasteiger partial charge in [-0.3, -0.25) is 0 Å². The molecule has 2 nitrogen and oxygen atoms in total. The molecule has 0 amide bonds. The molecule has 0 fully saturated rings. The number of rotatable bonds is 12. The first kappa shape index (κ1) is 31.3. The van der Waals surface area contributed by atoms with Gasteiger partial charge in [0.1, 0.15) is 0 Å². The van der Waals surface area contributed by atoms with Crippen molar-refractivity contribution >= 4 is 0 Å². The second-order valence-electron chi connectivity index (χ2n) is 7.42. The van der Waals surface area contributed by atoms with Gasteiger partial charge in [-0.2, -0.15) is 0 Å². The third-order valence-corrected chi connectivity index (χ3v) is 5.19. The van der Waals surface area contributed by atoms with Gasteiger partial charge in [0.2, 0.25) is 0 Å². The minimum atomic E-state index is 0. The Morgan fingerprint density at radius 1 is 0.667 bits per heavy atom. The molecule has 1 rings (SSSR count). The summed E-state index contributed by atoms with van der Waals surface area (Å²) in [7, 11) is 0. The van der Waals surface area contributed by atoms with E-state index in [1.165, 1.54) is 87.3 Å². The lowest BCUT2D eigenvalue weighted by Gasteiger charge is -2.12. The van der Waals surface area contributed by atoms with Gasteiger partial charge in [-0.1, -0.05) is 83.8 Å². The second kappa shape index (κ2) is 21.9.